The van der Waals surface area contributed by atoms with Gasteiger partial charge in [0.2, 0.25) is 0 Å². The number of carbonyl (C=O) groups excluding carboxylic acids is 1. The Morgan fingerprint density at radius 2 is 1.66 bits per heavy atom. The van der Waals surface area contributed by atoms with Crippen LogP contribution in [0.4, 0.5) is 0 Å². The van der Waals surface area contributed by atoms with Crippen molar-refractivity contribution in [1.29, 1.82) is 0 Å². The highest BCUT2D eigenvalue weighted by Gasteiger charge is 2.41. The molecule has 0 aromatic heterocycles. The Balaban J connectivity index is 1.45. The van der Waals surface area contributed by atoms with Crippen LogP contribution in [-0.4, -0.2) is 52.9 Å². The molecule has 5 heteroatoms. The molecule has 4 atom stereocenters. The van der Waals surface area contributed by atoms with Crippen molar-refractivity contribution in [2.24, 2.45) is 0 Å². The molecule has 154 valence electrons. The van der Waals surface area contributed by atoms with Crippen LogP contribution in [0.5, 0.6) is 0 Å². The summed E-state index contributed by atoms with van der Waals surface area (Å²) in [6.07, 6.45) is 3.82. The average Bonchev–Trinajstić information content (AvgIpc) is 3.01. The summed E-state index contributed by atoms with van der Waals surface area (Å²) < 4.78 is 5.95. The summed E-state index contributed by atoms with van der Waals surface area (Å²) in [5, 5.41) is 14.6. The van der Waals surface area contributed by atoms with Gasteiger partial charge in [-0.2, -0.15) is 0 Å². The van der Waals surface area contributed by atoms with Gasteiger partial charge in [0.15, 0.2) is 0 Å². The third-order valence-electron chi connectivity index (χ3n) is 6.40. The van der Waals surface area contributed by atoms with Gasteiger partial charge >= 0.3 is 5.97 Å². The molecule has 1 aliphatic carbocycles. The molecule has 3 aliphatic rings. The Hall–Kier alpha value is -2.21. The van der Waals surface area contributed by atoms with E-state index in [-0.39, 0.29) is 18.7 Å². The third kappa shape index (κ3) is 4.53. The summed E-state index contributed by atoms with van der Waals surface area (Å²) >= 11 is 0. The van der Waals surface area contributed by atoms with Crippen LogP contribution in [0.15, 0.2) is 60.7 Å². The molecule has 2 saturated heterocycles. The number of benzene rings is 2. The summed E-state index contributed by atoms with van der Waals surface area (Å²) in [6.45, 7) is 0.644. The first-order valence-electron chi connectivity index (χ1n) is 10.6. The number of hydrazine groups is 1. The number of aliphatic hydroxyl groups excluding tert-OH is 1. The molecule has 2 aromatic rings. The number of carbonyl (C=O) groups is 1. The van der Waals surface area contributed by atoms with Crippen LogP contribution in [0.2, 0.25) is 0 Å². The first kappa shape index (κ1) is 20.1. The van der Waals surface area contributed by atoms with E-state index in [1.165, 1.54) is 5.56 Å². The van der Waals surface area contributed by atoms with E-state index < -0.39 is 5.92 Å². The van der Waals surface area contributed by atoms with Crippen LogP contribution < -0.4 is 0 Å². The van der Waals surface area contributed by atoms with Gasteiger partial charge in [-0.25, -0.2) is 10.0 Å². The van der Waals surface area contributed by atoms with Gasteiger partial charge in [0.25, 0.3) is 0 Å². The van der Waals surface area contributed by atoms with E-state index in [9.17, 15) is 9.90 Å². The topological polar surface area (TPSA) is 53.0 Å². The molecule has 2 bridgehead atoms. The van der Waals surface area contributed by atoms with Crippen molar-refractivity contribution in [1.82, 2.24) is 10.0 Å². The number of ether oxygens (including phenoxy) is 1. The van der Waals surface area contributed by atoms with Crippen molar-refractivity contribution in [2.45, 2.75) is 56.3 Å². The zero-order chi connectivity index (χ0) is 20.2. The fraction of sp³-hybridized carbons (Fsp3) is 0.458. The second kappa shape index (κ2) is 9.08. The van der Waals surface area contributed by atoms with Crippen LogP contribution >= 0.6 is 0 Å². The van der Waals surface area contributed by atoms with Gasteiger partial charge in [0, 0.05) is 38.5 Å². The molecule has 1 N–H and O–H groups in total. The van der Waals surface area contributed by atoms with Crippen molar-refractivity contribution >= 4 is 5.97 Å². The molecule has 2 heterocycles. The fourth-order valence-corrected chi connectivity index (χ4v) is 4.76. The zero-order valence-corrected chi connectivity index (χ0v) is 17.0. The van der Waals surface area contributed by atoms with Crippen molar-refractivity contribution in [2.75, 3.05) is 13.7 Å². The molecule has 0 radical (unpaired) electrons. The average molecular weight is 395 g/mol. The second-order valence-corrected chi connectivity index (χ2v) is 8.22. The normalized spacial score (nSPS) is 26.1. The van der Waals surface area contributed by atoms with Crippen molar-refractivity contribution in [3.8, 4) is 0 Å². The van der Waals surface area contributed by atoms with E-state index in [0.29, 0.717) is 12.1 Å². The van der Waals surface area contributed by atoms with E-state index in [1.807, 2.05) is 36.4 Å². The first-order valence-corrected chi connectivity index (χ1v) is 10.6. The highest BCUT2D eigenvalue weighted by atomic mass is 16.5. The molecular formula is C24H30N2O3. The molecule has 29 heavy (non-hydrogen) atoms. The van der Waals surface area contributed by atoms with Crippen LogP contribution in [-0.2, 0) is 16.1 Å². The monoisotopic (exact) mass is 394 g/mol. The maximum Gasteiger partial charge on any atom is 0.316 e. The van der Waals surface area contributed by atoms with Gasteiger partial charge in [-0.05, 0) is 24.0 Å². The minimum Gasteiger partial charge on any atom is -0.462 e. The minimum atomic E-state index is -0.616. The molecule has 0 spiro atoms. The molecule has 3 fully saturated rings. The molecule has 0 amide bonds. The highest BCUT2D eigenvalue weighted by Crippen LogP contribution is 2.35. The van der Waals surface area contributed by atoms with Gasteiger partial charge in [-0.1, -0.05) is 60.7 Å². The van der Waals surface area contributed by atoms with E-state index in [0.717, 1.165) is 37.8 Å². The lowest BCUT2D eigenvalue weighted by molar-refractivity contribution is -0.152. The molecule has 5 nitrogen and oxygen atoms in total. The number of esters is 1. The van der Waals surface area contributed by atoms with Gasteiger partial charge in [-0.3, -0.25) is 4.79 Å². The summed E-state index contributed by atoms with van der Waals surface area (Å²) in [4.78, 5) is 12.8. The number of hydrogen-bond acceptors (Lipinski definition) is 5. The van der Waals surface area contributed by atoms with Gasteiger partial charge in [-0.15, -0.1) is 0 Å². The van der Waals surface area contributed by atoms with E-state index in [1.54, 1.807) is 0 Å². The number of aliphatic hydroxyl groups is 1. The van der Waals surface area contributed by atoms with Crippen LogP contribution in [0.25, 0.3) is 0 Å². The van der Waals surface area contributed by atoms with Crippen LogP contribution in [0, 0.1) is 0 Å². The van der Waals surface area contributed by atoms with E-state index in [2.05, 4.69) is 41.3 Å². The smallest absolute Gasteiger partial charge is 0.316 e. The van der Waals surface area contributed by atoms with Gasteiger partial charge < -0.3 is 9.84 Å². The summed E-state index contributed by atoms with van der Waals surface area (Å²) in [5.41, 5.74) is 2.10. The number of fused-ring (bicyclic) bond motifs is 4. The summed E-state index contributed by atoms with van der Waals surface area (Å²) in [7, 11) is 2.16. The predicted octanol–water partition coefficient (Wildman–Crippen LogP) is 3.35. The number of nitrogens with zero attached hydrogens (tertiary/aromatic N) is 2. The minimum absolute atomic E-state index is 0.110. The lowest BCUT2D eigenvalue weighted by Gasteiger charge is -2.44. The largest absolute Gasteiger partial charge is 0.462 e. The van der Waals surface area contributed by atoms with Crippen molar-refractivity contribution in [3.63, 3.8) is 0 Å². The maximum atomic E-state index is 12.8. The van der Waals surface area contributed by atoms with Gasteiger partial charge in [0.1, 0.15) is 12.0 Å². The lowest BCUT2D eigenvalue weighted by atomic mass is 10.00. The summed E-state index contributed by atoms with van der Waals surface area (Å²) in [5.74, 6) is -0.933. The second-order valence-electron chi connectivity index (χ2n) is 8.22. The van der Waals surface area contributed by atoms with Crippen molar-refractivity contribution < 1.29 is 14.6 Å². The first-order chi connectivity index (χ1) is 14.2. The highest BCUT2D eigenvalue weighted by molar-refractivity contribution is 5.78. The Morgan fingerprint density at radius 3 is 2.34 bits per heavy atom. The van der Waals surface area contributed by atoms with Gasteiger partial charge in [0.05, 0.1) is 6.61 Å². The predicted molar refractivity (Wildman–Crippen MR) is 112 cm³/mol. The zero-order valence-electron chi connectivity index (χ0n) is 17.0. The SMILES string of the molecule is CN1[C@@H]2CC[C@H](C[C@@H](OC(=O)C(CO)c3ccccc3)C2)N1Cc1ccccc1. The molecule has 1 unspecified atom stereocenters. The standard InChI is InChI=1S/C24H30N2O3/c1-25-20-12-13-21(26(25)16-18-8-4-2-5-9-18)15-22(14-20)29-24(28)23(17-27)19-10-6-3-7-11-19/h2-11,20-23,27H,12-17H2,1H3/t20-,21-,22+,23?/m1/s1. The molecule has 5 rings (SSSR count). The van der Waals surface area contributed by atoms with E-state index in [4.69, 9.17) is 4.74 Å². The number of rotatable bonds is 6. The summed E-state index contributed by atoms with van der Waals surface area (Å²) in [6, 6.07) is 20.7. The number of hydrogen-bond donors (Lipinski definition) is 1. The Kier molecular flexibility index (Phi) is 6.28. The molecule has 2 aromatic carbocycles. The molecule has 1 saturated carbocycles. The fourth-order valence-electron chi connectivity index (χ4n) is 4.76. The molecular weight excluding hydrogens is 364 g/mol. The van der Waals surface area contributed by atoms with Crippen LogP contribution in [0.3, 0.4) is 0 Å². The molecule has 2 aliphatic heterocycles. The maximum absolute atomic E-state index is 12.8. The van der Waals surface area contributed by atoms with Crippen molar-refractivity contribution in [3.05, 3.63) is 71.8 Å². The Labute approximate surface area is 172 Å². The van der Waals surface area contributed by atoms with Crippen LogP contribution in [0.1, 0.15) is 42.7 Å². The van der Waals surface area contributed by atoms with E-state index >= 15 is 0 Å². The Morgan fingerprint density at radius 1 is 1.03 bits per heavy atom. The Bertz CT molecular complexity index is 798. The quantitative estimate of drug-likeness (QED) is 0.762. The third-order valence-corrected chi connectivity index (χ3v) is 6.40. The lowest BCUT2D eigenvalue weighted by Crippen LogP contribution is -2.53.